The van der Waals surface area contributed by atoms with Crippen LogP contribution in [0.15, 0.2) is 54.7 Å². The van der Waals surface area contributed by atoms with Crippen LogP contribution in [0.5, 0.6) is 0 Å². The van der Waals surface area contributed by atoms with E-state index in [4.69, 9.17) is 11.6 Å². The third-order valence-electron chi connectivity index (χ3n) is 3.71. The Morgan fingerprint density at radius 3 is 2.52 bits per heavy atom. The van der Waals surface area contributed by atoms with Gasteiger partial charge in [0.25, 0.3) is 0 Å². The number of aryl methyl sites for hydroxylation is 1. The van der Waals surface area contributed by atoms with E-state index >= 15 is 0 Å². The van der Waals surface area contributed by atoms with Gasteiger partial charge in [-0.3, -0.25) is 0 Å². The van der Waals surface area contributed by atoms with Gasteiger partial charge in [-0.25, -0.2) is 4.98 Å². The van der Waals surface area contributed by atoms with E-state index in [1.807, 2.05) is 25.4 Å². The van der Waals surface area contributed by atoms with E-state index in [9.17, 15) is 0 Å². The van der Waals surface area contributed by atoms with Crippen molar-refractivity contribution in [1.82, 2.24) is 4.98 Å². The summed E-state index contributed by atoms with van der Waals surface area (Å²) in [5, 5.41) is 2.29. The fraction of sp³-hybridized carbons (Fsp3) is 0.167. The van der Waals surface area contributed by atoms with Gasteiger partial charge in [-0.2, -0.15) is 0 Å². The number of hydrogen-bond donors (Lipinski definition) is 0. The molecule has 2 aromatic carbocycles. The van der Waals surface area contributed by atoms with E-state index in [2.05, 4.69) is 53.2 Å². The number of fused-ring (bicyclic) bond motifs is 1. The topological polar surface area (TPSA) is 16.1 Å². The van der Waals surface area contributed by atoms with Crippen LogP contribution in [0, 0.1) is 6.92 Å². The second-order valence-corrected chi connectivity index (χ2v) is 5.45. The number of alkyl halides is 1. The van der Waals surface area contributed by atoms with Crippen LogP contribution in [0.1, 0.15) is 11.1 Å². The second kappa shape index (κ2) is 5.74. The largest absolute Gasteiger partial charge is 0.329 e. The first-order valence-electron chi connectivity index (χ1n) is 6.93. The molecule has 0 saturated carbocycles. The fourth-order valence-electron chi connectivity index (χ4n) is 2.57. The van der Waals surface area contributed by atoms with Crippen molar-refractivity contribution in [3.05, 3.63) is 65.9 Å². The average Bonchev–Trinajstić information content (AvgIpc) is 2.53. The normalized spacial score (nSPS) is 10.8. The zero-order chi connectivity index (χ0) is 14.8. The van der Waals surface area contributed by atoms with Crippen molar-refractivity contribution in [2.24, 2.45) is 0 Å². The Morgan fingerprint density at radius 2 is 1.81 bits per heavy atom. The molecule has 0 saturated heterocycles. The number of rotatable bonds is 3. The summed E-state index contributed by atoms with van der Waals surface area (Å²) < 4.78 is 0. The highest BCUT2D eigenvalue weighted by atomic mass is 35.5. The Balaban J connectivity index is 2.17. The number of pyridine rings is 1. The number of benzene rings is 2. The third-order valence-corrected chi connectivity index (χ3v) is 4.00. The monoisotopic (exact) mass is 296 g/mol. The first-order chi connectivity index (χ1) is 10.2. The molecule has 1 aromatic heterocycles. The maximum atomic E-state index is 6.02. The Bertz CT molecular complexity index is 783. The van der Waals surface area contributed by atoms with Crippen LogP contribution in [-0.2, 0) is 5.88 Å². The van der Waals surface area contributed by atoms with Gasteiger partial charge in [0.1, 0.15) is 5.82 Å². The lowest BCUT2D eigenvalue weighted by Gasteiger charge is -2.21. The summed E-state index contributed by atoms with van der Waals surface area (Å²) in [6, 6.07) is 16.7. The molecule has 3 rings (SSSR count). The van der Waals surface area contributed by atoms with Gasteiger partial charge < -0.3 is 4.90 Å². The summed E-state index contributed by atoms with van der Waals surface area (Å²) in [5.41, 5.74) is 3.43. The lowest BCUT2D eigenvalue weighted by Crippen LogP contribution is -2.12. The molecule has 2 nitrogen and oxygen atoms in total. The second-order valence-electron chi connectivity index (χ2n) is 5.18. The molecule has 21 heavy (non-hydrogen) atoms. The molecule has 0 aliphatic heterocycles. The summed E-state index contributed by atoms with van der Waals surface area (Å²) in [6.07, 6.45) is 1.87. The Morgan fingerprint density at radius 1 is 1.05 bits per heavy atom. The molecular weight excluding hydrogens is 280 g/mol. The van der Waals surface area contributed by atoms with Gasteiger partial charge in [0.15, 0.2) is 0 Å². The van der Waals surface area contributed by atoms with E-state index in [1.54, 1.807) is 0 Å². The smallest absolute Gasteiger partial charge is 0.140 e. The molecule has 0 fully saturated rings. The highest BCUT2D eigenvalue weighted by Crippen LogP contribution is 2.31. The van der Waals surface area contributed by atoms with Crippen LogP contribution in [0.25, 0.3) is 10.8 Å². The molecule has 0 radical (unpaired) electrons. The van der Waals surface area contributed by atoms with Crippen molar-refractivity contribution in [3.63, 3.8) is 0 Å². The average molecular weight is 297 g/mol. The summed E-state index contributed by atoms with van der Waals surface area (Å²) in [5.74, 6) is 1.42. The van der Waals surface area contributed by atoms with Gasteiger partial charge in [-0.05, 0) is 35.6 Å². The van der Waals surface area contributed by atoms with Crippen LogP contribution in [-0.4, -0.2) is 12.0 Å². The number of aromatic nitrogens is 1. The minimum absolute atomic E-state index is 0.474. The molecular formula is C18H17ClN2. The van der Waals surface area contributed by atoms with Crippen molar-refractivity contribution in [1.29, 1.82) is 0 Å². The molecule has 106 valence electrons. The third kappa shape index (κ3) is 2.59. The number of halogens is 1. The Labute approximate surface area is 130 Å². The van der Waals surface area contributed by atoms with Gasteiger partial charge in [0, 0.05) is 30.2 Å². The Hall–Kier alpha value is -2.06. The number of nitrogens with zero attached hydrogens (tertiary/aromatic N) is 2. The molecule has 0 spiro atoms. The van der Waals surface area contributed by atoms with Crippen LogP contribution in [0.4, 0.5) is 11.5 Å². The first-order valence-corrected chi connectivity index (χ1v) is 7.47. The minimum atomic E-state index is 0.474. The van der Waals surface area contributed by atoms with E-state index in [0.717, 1.165) is 27.8 Å². The fourth-order valence-corrected chi connectivity index (χ4v) is 2.78. The van der Waals surface area contributed by atoms with Crippen molar-refractivity contribution in [3.8, 4) is 0 Å². The highest BCUT2D eigenvalue weighted by molar-refractivity contribution is 6.18. The van der Waals surface area contributed by atoms with Crippen LogP contribution >= 0.6 is 11.6 Å². The van der Waals surface area contributed by atoms with Crippen molar-refractivity contribution >= 4 is 33.9 Å². The van der Waals surface area contributed by atoms with E-state index in [0.29, 0.717) is 5.88 Å². The van der Waals surface area contributed by atoms with Gasteiger partial charge in [-0.15, -0.1) is 11.6 Å². The van der Waals surface area contributed by atoms with Crippen LogP contribution in [0.2, 0.25) is 0 Å². The van der Waals surface area contributed by atoms with Gasteiger partial charge in [0.05, 0.1) is 0 Å². The summed E-state index contributed by atoms with van der Waals surface area (Å²) >= 11 is 6.02. The molecule has 0 aliphatic carbocycles. The van der Waals surface area contributed by atoms with E-state index < -0.39 is 0 Å². The molecule has 0 bridgehead atoms. The molecule has 0 aliphatic rings. The van der Waals surface area contributed by atoms with E-state index in [1.165, 1.54) is 5.56 Å². The molecule has 0 atom stereocenters. The zero-order valence-electron chi connectivity index (χ0n) is 12.2. The first kappa shape index (κ1) is 13.9. The highest BCUT2D eigenvalue weighted by Gasteiger charge is 2.11. The molecule has 3 heteroatoms. The van der Waals surface area contributed by atoms with E-state index in [-0.39, 0.29) is 0 Å². The summed E-state index contributed by atoms with van der Waals surface area (Å²) in [6.45, 7) is 2.10. The van der Waals surface area contributed by atoms with Gasteiger partial charge in [0.2, 0.25) is 0 Å². The lowest BCUT2D eigenvalue weighted by atomic mass is 10.1. The molecule has 0 amide bonds. The molecule has 1 heterocycles. The predicted molar refractivity (Wildman–Crippen MR) is 90.5 cm³/mol. The quantitative estimate of drug-likeness (QED) is 0.629. The summed E-state index contributed by atoms with van der Waals surface area (Å²) in [4.78, 5) is 6.74. The van der Waals surface area contributed by atoms with Crippen molar-refractivity contribution in [2.45, 2.75) is 12.8 Å². The Kier molecular flexibility index (Phi) is 3.80. The van der Waals surface area contributed by atoms with Crippen molar-refractivity contribution in [2.75, 3.05) is 11.9 Å². The maximum absolute atomic E-state index is 6.02. The maximum Gasteiger partial charge on any atom is 0.140 e. The number of anilines is 2. The van der Waals surface area contributed by atoms with Crippen LogP contribution in [0.3, 0.4) is 0 Å². The summed E-state index contributed by atoms with van der Waals surface area (Å²) in [7, 11) is 2.05. The standard InChI is InChI=1S/C18H17ClN2/c1-13-6-5-7-15(10-13)21(2)18-17-9-4-3-8-16(17)14(11-19)12-20-18/h3-10,12H,11H2,1-2H3. The lowest BCUT2D eigenvalue weighted by molar-refractivity contribution is 1.13. The zero-order valence-corrected chi connectivity index (χ0v) is 12.9. The van der Waals surface area contributed by atoms with Gasteiger partial charge >= 0.3 is 0 Å². The minimum Gasteiger partial charge on any atom is -0.329 e. The van der Waals surface area contributed by atoms with Crippen molar-refractivity contribution < 1.29 is 0 Å². The van der Waals surface area contributed by atoms with Crippen LogP contribution < -0.4 is 4.90 Å². The molecule has 3 aromatic rings. The number of hydrogen-bond acceptors (Lipinski definition) is 2. The molecule has 0 unspecified atom stereocenters. The predicted octanol–water partition coefficient (Wildman–Crippen LogP) is 5.05. The molecule has 0 N–H and O–H groups in total. The van der Waals surface area contributed by atoms with Gasteiger partial charge in [-0.1, -0.05) is 36.4 Å². The SMILES string of the molecule is Cc1cccc(N(C)c2ncc(CCl)c3ccccc23)c1.